The molecule has 2 N–H and O–H groups in total. The van der Waals surface area contributed by atoms with Crippen molar-refractivity contribution in [3.8, 4) is 0 Å². The molecule has 16 heavy (non-hydrogen) atoms. The van der Waals surface area contributed by atoms with Crippen molar-refractivity contribution in [2.75, 3.05) is 0 Å². The van der Waals surface area contributed by atoms with Crippen LogP contribution in [0.4, 0.5) is 0 Å². The van der Waals surface area contributed by atoms with E-state index in [2.05, 4.69) is 24.3 Å². The summed E-state index contributed by atoms with van der Waals surface area (Å²) in [5.41, 5.74) is 6.87. The van der Waals surface area contributed by atoms with Gasteiger partial charge in [0.2, 0.25) is 0 Å². The lowest BCUT2D eigenvalue weighted by Crippen LogP contribution is -1.93. The topological polar surface area (TPSA) is 39.2 Å². The molecule has 0 radical (unpaired) electrons. The van der Waals surface area contributed by atoms with Crippen LogP contribution in [0.3, 0.4) is 0 Å². The van der Waals surface area contributed by atoms with Crippen LogP contribution in [0.25, 0.3) is 0 Å². The molecule has 0 spiro atoms. The third-order valence-corrected chi connectivity index (χ3v) is 2.65. The lowest BCUT2D eigenvalue weighted by molar-refractivity contribution is 0.461. The number of furan rings is 1. The molecule has 0 saturated carbocycles. The molecule has 0 atom stereocenters. The summed E-state index contributed by atoms with van der Waals surface area (Å²) in [5, 5.41) is 0. The SMILES string of the molecule is NCc1ccc(CCCc2ccccc2)o1. The molecule has 0 aliphatic carbocycles. The number of hydrogen-bond donors (Lipinski definition) is 1. The van der Waals surface area contributed by atoms with Crippen LogP contribution in [0.5, 0.6) is 0 Å². The Morgan fingerprint density at radius 3 is 2.31 bits per heavy atom. The molecule has 0 aliphatic heterocycles. The second kappa shape index (κ2) is 5.52. The monoisotopic (exact) mass is 215 g/mol. The average Bonchev–Trinajstić information content (AvgIpc) is 2.78. The standard InChI is InChI=1S/C14H17NO/c15-11-14-10-9-13(16-14)8-4-7-12-5-2-1-3-6-12/h1-3,5-6,9-10H,4,7-8,11,15H2. The fourth-order valence-corrected chi connectivity index (χ4v) is 1.78. The molecule has 2 aromatic rings. The molecule has 0 amide bonds. The maximum absolute atomic E-state index is 5.55. The van der Waals surface area contributed by atoms with Gasteiger partial charge in [-0.15, -0.1) is 0 Å². The first-order valence-electron chi connectivity index (χ1n) is 5.70. The summed E-state index contributed by atoms with van der Waals surface area (Å²) in [7, 11) is 0. The summed E-state index contributed by atoms with van der Waals surface area (Å²) >= 11 is 0. The van der Waals surface area contributed by atoms with Crippen molar-refractivity contribution >= 4 is 0 Å². The predicted octanol–water partition coefficient (Wildman–Crippen LogP) is 2.91. The van der Waals surface area contributed by atoms with Gasteiger partial charge in [-0.3, -0.25) is 0 Å². The number of aryl methyl sites for hydroxylation is 2. The van der Waals surface area contributed by atoms with Crippen LogP contribution in [0.2, 0.25) is 0 Å². The molecular formula is C14H17NO. The van der Waals surface area contributed by atoms with Crippen molar-refractivity contribution in [2.45, 2.75) is 25.8 Å². The summed E-state index contributed by atoms with van der Waals surface area (Å²) in [6, 6.07) is 14.5. The van der Waals surface area contributed by atoms with E-state index in [4.69, 9.17) is 10.2 Å². The fraction of sp³-hybridized carbons (Fsp3) is 0.286. The van der Waals surface area contributed by atoms with E-state index in [1.165, 1.54) is 5.56 Å². The lowest BCUT2D eigenvalue weighted by atomic mass is 10.1. The molecule has 1 heterocycles. The van der Waals surface area contributed by atoms with E-state index in [0.29, 0.717) is 6.54 Å². The van der Waals surface area contributed by atoms with Crippen molar-refractivity contribution in [2.24, 2.45) is 5.73 Å². The first-order chi connectivity index (χ1) is 7.88. The highest BCUT2D eigenvalue weighted by Crippen LogP contribution is 2.11. The molecule has 1 aromatic carbocycles. The van der Waals surface area contributed by atoms with Crippen LogP contribution in [-0.2, 0) is 19.4 Å². The van der Waals surface area contributed by atoms with Crippen molar-refractivity contribution in [1.82, 2.24) is 0 Å². The Morgan fingerprint density at radius 2 is 1.62 bits per heavy atom. The van der Waals surface area contributed by atoms with Gasteiger partial charge in [0.25, 0.3) is 0 Å². The van der Waals surface area contributed by atoms with Gasteiger partial charge in [0, 0.05) is 6.42 Å². The summed E-state index contributed by atoms with van der Waals surface area (Å²) in [5.74, 6) is 1.91. The van der Waals surface area contributed by atoms with E-state index < -0.39 is 0 Å². The van der Waals surface area contributed by atoms with E-state index >= 15 is 0 Å². The quantitative estimate of drug-likeness (QED) is 0.833. The van der Waals surface area contributed by atoms with Gasteiger partial charge in [-0.2, -0.15) is 0 Å². The molecule has 84 valence electrons. The highest BCUT2D eigenvalue weighted by molar-refractivity contribution is 5.15. The Bertz CT molecular complexity index is 419. The molecule has 1 aromatic heterocycles. The maximum atomic E-state index is 5.55. The van der Waals surface area contributed by atoms with Crippen molar-refractivity contribution in [3.63, 3.8) is 0 Å². The van der Waals surface area contributed by atoms with Crippen molar-refractivity contribution in [1.29, 1.82) is 0 Å². The van der Waals surface area contributed by atoms with E-state index in [9.17, 15) is 0 Å². The zero-order valence-corrected chi connectivity index (χ0v) is 9.36. The highest BCUT2D eigenvalue weighted by atomic mass is 16.3. The van der Waals surface area contributed by atoms with Crippen molar-refractivity contribution < 1.29 is 4.42 Å². The fourth-order valence-electron chi connectivity index (χ4n) is 1.78. The minimum absolute atomic E-state index is 0.485. The van der Waals surface area contributed by atoms with Gasteiger partial charge >= 0.3 is 0 Å². The minimum Gasteiger partial charge on any atom is -0.465 e. The van der Waals surface area contributed by atoms with Gasteiger partial charge in [0.05, 0.1) is 6.54 Å². The van der Waals surface area contributed by atoms with Gasteiger partial charge in [0.15, 0.2) is 0 Å². The van der Waals surface area contributed by atoms with Crippen LogP contribution in [0.1, 0.15) is 23.5 Å². The highest BCUT2D eigenvalue weighted by Gasteiger charge is 2.00. The van der Waals surface area contributed by atoms with Crippen LogP contribution >= 0.6 is 0 Å². The number of hydrogen-bond acceptors (Lipinski definition) is 2. The molecule has 2 heteroatoms. The number of benzene rings is 1. The Labute approximate surface area is 96.1 Å². The Hall–Kier alpha value is -1.54. The van der Waals surface area contributed by atoms with Gasteiger partial charge in [-0.1, -0.05) is 30.3 Å². The van der Waals surface area contributed by atoms with E-state index in [0.717, 1.165) is 30.8 Å². The van der Waals surface area contributed by atoms with Gasteiger partial charge in [0.1, 0.15) is 11.5 Å². The molecule has 2 rings (SSSR count). The second-order valence-corrected chi connectivity index (χ2v) is 3.91. The molecule has 2 nitrogen and oxygen atoms in total. The smallest absolute Gasteiger partial charge is 0.117 e. The minimum atomic E-state index is 0.485. The van der Waals surface area contributed by atoms with E-state index in [1.807, 2.05) is 18.2 Å². The van der Waals surface area contributed by atoms with Gasteiger partial charge in [-0.05, 0) is 30.5 Å². The van der Waals surface area contributed by atoms with Gasteiger partial charge < -0.3 is 10.2 Å². The first kappa shape index (κ1) is 11.0. The molecule has 0 fully saturated rings. The van der Waals surface area contributed by atoms with E-state index in [-0.39, 0.29) is 0 Å². The zero-order chi connectivity index (χ0) is 11.2. The molecular weight excluding hydrogens is 198 g/mol. The maximum Gasteiger partial charge on any atom is 0.117 e. The third kappa shape index (κ3) is 2.97. The average molecular weight is 215 g/mol. The van der Waals surface area contributed by atoms with Crippen LogP contribution in [0, 0.1) is 0 Å². The summed E-state index contributed by atoms with van der Waals surface area (Å²) in [4.78, 5) is 0. The van der Waals surface area contributed by atoms with Gasteiger partial charge in [-0.25, -0.2) is 0 Å². The van der Waals surface area contributed by atoms with E-state index in [1.54, 1.807) is 0 Å². The summed E-state index contributed by atoms with van der Waals surface area (Å²) in [6.07, 6.45) is 3.19. The number of rotatable bonds is 5. The summed E-state index contributed by atoms with van der Waals surface area (Å²) < 4.78 is 5.55. The molecule has 0 bridgehead atoms. The van der Waals surface area contributed by atoms with Crippen LogP contribution < -0.4 is 5.73 Å². The second-order valence-electron chi connectivity index (χ2n) is 3.91. The largest absolute Gasteiger partial charge is 0.465 e. The van der Waals surface area contributed by atoms with Crippen molar-refractivity contribution in [3.05, 3.63) is 59.5 Å². The Morgan fingerprint density at radius 1 is 0.875 bits per heavy atom. The molecule has 0 saturated heterocycles. The lowest BCUT2D eigenvalue weighted by Gasteiger charge is -1.99. The molecule has 0 unspecified atom stereocenters. The van der Waals surface area contributed by atoms with Crippen LogP contribution in [0.15, 0.2) is 46.9 Å². The summed E-state index contributed by atoms with van der Waals surface area (Å²) in [6.45, 7) is 0.485. The Balaban J connectivity index is 1.80. The predicted molar refractivity (Wildman–Crippen MR) is 65.1 cm³/mol. The zero-order valence-electron chi connectivity index (χ0n) is 9.36. The normalized spacial score (nSPS) is 10.6. The molecule has 0 aliphatic rings. The third-order valence-electron chi connectivity index (χ3n) is 2.65. The van der Waals surface area contributed by atoms with Crippen LogP contribution in [-0.4, -0.2) is 0 Å². The first-order valence-corrected chi connectivity index (χ1v) is 5.70. The Kier molecular flexibility index (Phi) is 3.78. The number of nitrogens with two attached hydrogens (primary N) is 1.